The minimum atomic E-state index is -0.0914. The summed E-state index contributed by atoms with van der Waals surface area (Å²) in [6.07, 6.45) is 0.990. The molecule has 2 amide bonds. The van der Waals surface area contributed by atoms with Gasteiger partial charge in [0.2, 0.25) is 5.91 Å². The maximum Gasteiger partial charge on any atom is 0.252 e. The van der Waals surface area contributed by atoms with Gasteiger partial charge in [0.05, 0.1) is 13.2 Å². The first-order chi connectivity index (χ1) is 14.1. The molecular weight excluding hydrogens is 386 g/mol. The number of hydrogen-bond donors (Lipinski definition) is 2. The molecule has 0 radical (unpaired) electrons. The fraction of sp³-hybridized carbons (Fsp3) is 0.455. The van der Waals surface area contributed by atoms with Gasteiger partial charge in [-0.05, 0) is 48.7 Å². The number of hydrogen-bond acceptors (Lipinski definition) is 5. The number of carbonyl (C=O) groups is 2. The molecule has 1 aromatic carbocycles. The van der Waals surface area contributed by atoms with E-state index in [9.17, 15) is 9.59 Å². The minimum absolute atomic E-state index is 0.00478. The zero-order valence-corrected chi connectivity index (χ0v) is 18.3. The van der Waals surface area contributed by atoms with Crippen molar-refractivity contribution in [3.05, 3.63) is 52.2 Å². The van der Waals surface area contributed by atoms with E-state index in [1.807, 2.05) is 29.0 Å². The van der Waals surface area contributed by atoms with Crippen molar-refractivity contribution in [1.82, 2.24) is 15.5 Å². The molecule has 0 saturated heterocycles. The standard InChI is InChI=1S/C22H31N3O3S/c1-4-25(5-2)20(17-8-6-9-19(14-17)28-3)15-24-21(26)10-7-12-23-22(27)18-11-13-29-16-18/h6,8-9,11,13-14,16,20H,4-5,7,10,12,15H2,1-3H3,(H,23,27)(H,24,26). The van der Waals surface area contributed by atoms with Crippen molar-refractivity contribution in [2.24, 2.45) is 0 Å². The molecule has 7 heteroatoms. The Balaban J connectivity index is 1.82. The maximum atomic E-state index is 12.3. The lowest BCUT2D eigenvalue weighted by atomic mass is 10.0. The van der Waals surface area contributed by atoms with Crippen LogP contribution in [0.15, 0.2) is 41.1 Å². The van der Waals surface area contributed by atoms with Crippen molar-refractivity contribution in [1.29, 1.82) is 0 Å². The molecule has 0 fully saturated rings. The number of methoxy groups -OCH3 is 1. The molecule has 1 heterocycles. The van der Waals surface area contributed by atoms with E-state index in [1.165, 1.54) is 11.3 Å². The molecule has 2 N–H and O–H groups in total. The monoisotopic (exact) mass is 417 g/mol. The van der Waals surface area contributed by atoms with Gasteiger partial charge in [-0.2, -0.15) is 11.3 Å². The summed E-state index contributed by atoms with van der Waals surface area (Å²) in [5, 5.41) is 9.58. The summed E-state index contributed by atoms with van der Waals surface area (Å²) in [5.41, 5.74) is 1.79. The van der Waals surface area contributed by atoms with Crippen molar-refractivity contribution in [3.63, 3.8) is 0 Å². The first kappa shape index (κ1) is 22.9. The number of amides is 2. The fourth-order valence-corrected chi connectivity index (χ4v) is 3.85. The van der Waals surface area contributed by atoms with E-state index in [1.54, 1.807) is 13.2 Å². The maximum absolute atomic E-state index is 12.3. The lowest BCUT2D eigenvalue weighted by Crippen LogP contribution is -2.38. The van der Waals surface area contributed by atoms with E-state index in [4.69, 9.17) is 4.74 Å². The SMILES string of the molecule is CCN(CC)C(CNC(=O)CCCNC(=O)c1ccsc1)c1cccc(OC)c1. The molecule has 1 atom stereocenters. The van der Waals surface area contributed by atoms with Crippen molar-refractivity contribution in [3.8, 4) is 5.75 Å². The van der Waals surface area contributed by atoms with Gasteiger partial charge in [-0.25, -0.2) is 0 Å². The normalized spacial score (nSPS) is 11.9. The highest BCUT2D eigenvalue weighted by molar-refractivity contribution is 7.08. The quantitative estimate of drug-likeness (QED) is 0.519. The lowest BCUT2D eigenvalue weighted by Gasteiger charge is -2.30. The van der Waals surface area contributed by atoms with Gasteiger partial charge in [-0.1, -0.05) is 26.0 Å². The largest absolute Gasteiger partial charge is 0.497 e. The minimum Gasteiger partial charge on any atom is -0.497 e. The first-order valence-electron chi connectivity index (χ1n) is 10.0. The summed E-state index contributed by atoms with van der Waals surface area (Å²) in [6, 6.07) is 9.86. The third-order valence-corrected chi connectivity index (χ3v) is 5.56. The molecule has 2 rings (SSSR count). The number of nitrogens with zero attached hydrogens (tertiary/aromatic N) is 1. The second-order valence-electron chi connectivity index (χ2n) is 6.69. The Labute approximate surface area is 177 Å². The number of nitrogens with one attached hydrogen (secondary N) is 2. The van der Waals surface area contributed by atoms with E-state index in [2.05, 4.69) is 35.4 Å². The van der Waals surface area contributed by atoms with Crippen LogP contribution >= 0.6 is 11.3 Å². The van der Waals surface area contributed by atoms with Crippen molar-refractivity contribution >= 4 is 23.2 Å². The molecule has 29 heavy (non-hydrogen) atoms. The smallest absolute Gasteiger partial charge is 0.252 e. The molecule has 1 unspecified atom stereocenters. The molecule has 0 spiro atoms. The van der Waals surface area contributed by atoms with Crippen LogP contribution < -0.4 is 15.4 Å². The molecule has 158 valence electrons. The molecule has 1 aromatic heterocycles. The molecule has 2 aromatic rings. The van der Waals surface area contributed by atoms with E-state index >= 15 is 0 Å². The van der Waals surface area contributed by atoms with Gasteiger partial charge in [-0.15, -0.1) is 0 Å². The Bertz CT molecular complexity index is 760. The van der Waals surface area contributed by atoms with Crippen LogP contribution in [0.2, 0.25) is 0 Å². The van der Waals surface area contributed by atoms with E-state index < -0.39 is 0 Å². The van der Waals surface area contributed by atoms with Crippen LogP contribution in [0.4, 0.5) is 0 Å². The van der Waals surface area contributed by atoms with Gasteiger partial charge < -0.3 is 15.4 Å². The summed E-state index contributed by atoms with van der Waals surface area (Å²) < 4.78 is 5.35. The van der Waals surface area contributed by atoms with Gasteiger partial charge >= 0.3 is 0 Å². The fourth-order valence-electron chi connectivity index (χ4n) is 3.22. The van der Waals surface area contributed by atoms with Crippen LogP contribution in [0, 0.1) is 0 Å². The molecule has 0 aliphatic carbocycles. The number of rotatable bonds is 12. The third-order valence-electron chi connectivity index (χ3n) is 4.87. The molecular formula is C22H31N3O3S. The summed E-state index contributed by atoms with van der Waals surface area (Å²) in [4.78, 5) is 26.5. The molecule has 0 bridgehead atoms. The Morgan fingerprint density at radius 2 is 1.97 bits per heavy atom. The molecule has 0 saturated carbocycles. The summed E-state index contributed by atoms with van der Waals surface area (Å²) in [6.45, 7) is 7.04. The van der Waals surface area contributed by atoms with Gasteiger partial charge in [0.15, 0.2) is 0 Å². The summed E-state index contributed by atoms with van der Waals surface area (Å²) in [7, 11) is 1.66. The summed E-state index contributed by atoms with van der Waals surface area (Å²) in [5.74, 6) is 0.716. The second kappa shape index (κ2) is 12.2. The highest BCUT2D eigenvalue weighted by atomic mass is 32.1. The predicted molar refractivity (Wildman–Crippen MR) is 118 cm³/mol. The molecule has 0 aliphatic heterocycles. The average Bonchev–Trinajstić information content (AvgIpc) is 3.29. The number of thiophene rings is 1. The summed E-state index contributed by atoms with van der Waals surface area (Å²) >= 11 is 1.49. The van der Waals surface area contributed by atoms with Crippen LogP contribution in [-0.4, -0.2) is 50.0 Å². The van der Waals surface area contributed by atoms with E-state index in [0.29, 0.717) is 31.5 Å². The number of ether oxygens (including phenoxy) is 1. The first-order valence-corrected chi connectivity index (χ1v) is 11.0. The van der Waals surface area contributed by atoms with Crippen molar-refractivity contribution in [2.45, 2.75) is 32.7 Å². The van der Waals surface area contributed by atoms with Crippen LogP contribution in [0.25, 0.3) is 0 Å². The predicted octanol–water partition coefficient (Wildman–Crippen LogP) is 3.47. The van der Waals surface area contributed by atoms with E-state index in [0.717, 1.165) is 24.4 Å². The zero-order chi connectivity index (χ0) is 21.1. The van der Waals surface area contributed by atoms with Gasteiger partial charge in [0.25, 0.3) is 5.91 Å². The Hall–Kier alpha value is -2.38. The molecule has 6 nitrogen and oxygen atoms in total. The zero-order valence-electron chi connectivity index (χ0n) is 17.4. The van der Waals surface area contributed by atoms with Gasteiger partial charge in [0, 0.05) is 30.5 Å². The molecule has 0 aliphatic rings. The van der Waals surface area contributed by atoms with Crippen molar-refractivity contribution < 1.29 is 14.3 Å². The van der Waals surface area contributed by atoms with Crippen molar-refractivity contribution in [2.75, 3.05) is 33.3 Å². The van der Waals surface area contributed by atoms with Crippen LogP contribution in [0.1, 0.15) is 48.7 Å². The van der Waals surface area contributed by atoms with E-state index in [-0.39, 0.29) is 17.9 Å². The average molecular weight is 418 g/mol. The van der Waals surface area contributed by atoms with Gasteiger partial charge in [-0.3, -0.25) is 14.5 Å². The highest BCUT2D eigenvalue weighted by Crippen LogP contribution is 2.23. The lowest BCUT2D eigenvalue weighted by molar-refractivity contribution is -0.121. The number of likely N-dealkylation sites (N-methyl/N-ethyl adjacent to an activating group) is 1. The highest BCUT2D eigenvalue weighted by Gasteiger charge is 2.19. The second-order valence-corrected chi connectivity index (χ2v) is 7.47. The third kappa shape index (κ3) is 7.18. The van der Waals surface area contributed by atoms with Gasteiger partial charge in [0.1, 0.15) is 5.75 Å². The van der Waals surface area contributed by atoms with Crippen LogP contribution in [-0.2, 0) is 4.79 Å². The number of benzene rings is 1. The Morgan fingerprint density at radius 3 is 2.62 bits per heavy atom. The Kier molecular flexibility index (Phi) is 9.67. The van der Waals surface area contributed by atoms with Crippen LogP contribution in [0.3, 0.4) is 0 Å². The number of carbonyl (C=O) groups excluding carboxylic acids is 2. The topological polar surface area (TPSA) is 70.7 Å². The Morgan fingerprint density at radius 1 is 1.17 bits per heavy atom. The van der Waals surface area contributed by atoms with Crippen LogP contribution in [0.5, 0.6) is 5.75 Å².